The SMILES string of the molecule is CN(C=O)c1cccc(-c2cnc(NCC3(c4ncccc4F)CC(F)C3)nn2)c1. The average molecular weight is 410 g/mol. The van der Waals surface area contributed by atoms with Crippen LogP contribution in [0.5, 0.6) is 0 Å². The molecular weight excluding hydrogens is 390 g/mol. The second-order valence-electron chi connectivity index (χ2n) is 7.41. The Balaban J connectivity index is 1.49. The van der Waals surface area contributed by atoms with E-state index < -0.39 is 17.4 Å². The lowest BCUT2D eigenvalue weighted by atomic mass is 9.65. The predicted octanol–water partition coefficient (Wildman–Crippen LogP) is 3.15. The van der Waals surface area contributed by atoms with Crippen LogP contribution in [0.2, 0.25) is 0 Å². The van der Waals surface area contributed by atoms with Crippen molar-refractivity contribution in [3.05, 3.63) is 60.3 Å². The van der Waals surface area contributed by atoms with Gasteiger partial charge in [-0.1, -0.05) is 12.1 Å². The molecule has 154 valence electrons. The Kier molecular flexibility index (Phi) is 5.35. The molecule has 3 aromatic rings. The minimum atomic E-state index is -0.980. The van der Waals surface area contributed by atoms with Gasteiger partial charge in [0.05, 0.1) is 11.9 Å². The molecule has 7 nitrogen and oxygen atoms in total. The molecule has 0 atom stereocenters. The van der Waals surface area contributed by atoms with Crippen molar-refractivity contribution in [2.75, 3.05) is 23.8 Å². The highest BCUT2D eigenvalue weighted by Gasteiger charge is 2.48. The van der Waals surface area contributed by atoms with E-state index in [1.165, 1.54) is 23.2 Å². The van der Waals surface area contributed by atoms with Crippen molar-refractivity contribution in [1.29, 1.82) is 0 Å². The Morgan fingerprint density at radius 3 is 2.73 bits per heavy atom. The van der Waals surface area contributed by atoms with Crippen molar-refractivity contribution in [2.45, 2.75) is 24.4 Å². The lowest BCUT2D eigenvalue weighted by Crippen LogP contribution is -2.49. The van der Waals surface area contributed by atoms with Gasteiger partial charge in [-0.05, 0) is 37.1 Å². The van der Waals surface area contributed by atoms with Crippen molar-refractivity contribution in [2.24, 2.45) is 0 Å². The van der Waals surface area contributed by atoms with Gasteiger partial charge < -0.3 is 10.2 Å². The molecule has 1 fully saturated rings. The van der Waals surface area contributed by atoms with E-state index in [9.17, 15) is 13.6 Å². The molecule has 0 bridgehead atoms. The number of carbonyl (C=O) groups excluding carboxylic acids is 1. The number of hydrogen-bond donors (Lipinski definition) is 1. The normalized spacial score (nSPS) is 20.3. The van der Waals surface area contributed by atoms with Crippen molar-refractivity contribution >= 4 is 18.0 Å². The summed E-state index contributed by atoms with van der Waals surface area (Å²) in [6, 6.07) is 10.1. The second-order valence-corrected chi connectivity index (χ2v) is 7.41. The average Bonchev–Trinajstić information content (AvgIpc) is 2.76. The van der Waals surface area contributed by atoms with Crippen LogP contribution >= 0.6 is 0 Å². The molecule has 1 N–H and O–H groups in total. The number of hydrogen-bond acceptors (Lipinski definition) is 6. The molecule has 4 rings (SSSR count). The monoisotopic (exact) mass is 410 g/mol. The Morgan fingerprint density at radius 2 is 2.07 bits per heavy atom. The summed E-state index contributed by atoms with van der Waals surface area (Å²) >= 11 is 0. The first-order valence-electron chi connectivity index (χ1n) is 9.48. The Hall–Kier alpha value is -3.49. The van der Waals surface area contributed by atoms with Crippen LogP contribution in [0.4, 0.5) is 20.4 Å². The zero-order valence-corrected chi connectivity index (χ0v) is 16.3. The summed E-state index contributed by atoms with van der Waals surface area (Å²) in [4.78, 5) is 20.8. The van der Waals surface area contributed by atoms with Crippen LogP contribution in [-0.2, 0) is 10.2 Å². The van der Waals surface area contributed by atoms with Gasteiger partial charge in [0, 0.05) is 36.5 Å². The zero-order chi connectivity index (χ0) is 21.1. The summed E-state index contributed by atoms with van der Waals surface area (Å²) in [6.45, 7) is 0.252. The fourth-order valence-electron chi connectivity index (χ4n) is 3.67. The van der Waals surface area contributed by atoms with Gasteiger partial charge in [-0.25, -0.2) is 13.8 Å². The van der Waals surface area contributed by atoms with E-state index >= 15 is 0 Å². The maximum absolute atomic E-state index is 14.2. The Labute approximate surface area is 172 Å². The van der Waals surface area contributed by atoms with Crippen molar-refractivity contribution in [3.63, 3.8) is 0 Å². The first-order chi connectivity index (χ1) is 14.5. The van der Waals surface area contributed by atoms with Crippen LogP contribution < -0.4 is 10.2 Å². The number of nitrogens with zero attached hydrogens (tertiary/aromatic N) is 5. The van der Waals surface area contributed by atoms with E-state index in [0.717, 1.165) is 17.7 Å². The smallest absolute Gasteiger partial charge is 0.242 e. The van der Waals surface area contributed by atoms with E-state index in [1.54, 1.807) is 13.2 Å². The van der Waals surface area contributed by atoms with Gasteiger partial charge in [0.1, 0.15) is 17.7 Å². The third kappa shape index (κ3) is 3.83. The molecule has 0 unspecified atom stereocenters. The molecule has 1 aliphatic rings. The number of benzene rings is 1. The van der Waals surface area contributed by atoms with E-state index in [4.69, 9.17) is 0 Å². The number of amides is 1. The number of aromatic nitrogens is 4. The zero-order valence-electron chi connectivity index (χ0n) is 16.3. The first-order valence-corrected chi connectivity index (χ1v) is 9.48. The molecule has 0 aliphatic heterocycles. The van der Waals surface area contributed by atoms with Crippen LogP contribution in [0, 0.1) is 5.82 Å². The topological polar surface area (TPSA) is 83.9 Å². The summed E-state index contributed by atoms with van der Waals surface area (Å²) in [5, 5.41) is 11.3. The molecule has 1 amide bonds. The van der Waals surface area contributed by atoms with Crippen LogP contribution in [0.15, 0.2) is 48.8 Å². The summed E-state index contributed by atoms with van der Waals surface area (Å²) in [6.07, 6.45) is 3.19. The summed E-state index contributed by atoms with van der Waals surface area (Å²) in [5.74, 6) is -0.182. The number of anilines is 2. The molecule has 1 saturated carbocycles. The highest BCUT2D eigenvalue weighted by Crippen LogP contribution is 2.45. The molecule has 9 heteroatoms. The number of alkyl halides is 1. The number of halogens is 2. The number of carbonyl (C=O) groups is 1. The summed E-state index contributed by atoms with van der Waals surface area (Å²) < 4.78 is 27.9. The quantitative estimate of drug-likeness (QED) is 0.603. The molecule has 0 radical (unpaired) electrons. The van der Waals surface area contributed by atoms with E-state index in [2.05, 4.69) is 25.5 Å². The summed E-state index contributed by atoms with van der Waals surface area (Å²) in [5.41, 5.74) is 1.54. The third-order valence-corrected chi connectivity index (χ3v) is 5.34. The van der Waals surface area contributed by atoms with Gasteiger partial charge in [-0.3, -0.25) is 9.78 Å². The molecule has 1 aliphatic carbocycles. The van der Waals surface area contributed by atoms with Crippen molar-refractivity contribution in [3.8, 4) is 11.3 Å². The minimum Gasteiger partial charge on any atom is -0.352 e. The van der Waals surface area contributed by atoms with Gasteiger partial charge in [-0.2, -0.15) is 0 Å². The fourth-order valence-corrected chi connectivity index (χ4v) is 3.67. The highest BCUT2D eigenvalue weighted by atomic mass is 19.1. The highest BCUT2D eigenvalue weighted by molar-refractivity contribution is 5.77. The molecule has 2 heterocycles. The van der Waals surface area contributed by atoms with E-state index in [0.29, 0.717) is 5.69 Å². The van der Waals surface area contributed by atoms with Crippen LogP contribution in [0.3, 0.4) is 0 Å². The largest absolute Gasteiger partial charge is 0.352 e. The van der Waals surface area contributed by atoms with Crippen LogP contribution in [-0.4, -0.2) is 46.3 Å². The van der Waals surface area contributed by atoms with Crippen molar-refractivity contribution in [1.82, 2.24) is 20.2 Å². The van der Waals surface area contributed by atoms with Crippen LogP contribution in [0.25, 0.3) is 11.3 Å². The van der Waals surface area contributed by atoms with Crippen LogP contribution in [0.1, 0.15) is 18.5 Å². The van der Waals surface area contributed by atoms with Gasteiger partial charge in [0.15, 0.2) is 0 Å². The number of nitrogens with one attached hydrogen (secondary N) is 1. The minimum absolute atomic E-state index is 0.191. The maximum Gasteiger partial charge on any atom is 0.242 e. The van der Waals surface area contributed by atoms with E-state index in [1.807, 2.05) is 24.3 Å². The van der Waals surface area contributed by atoms with Gasteiger partial charge in [0.2, 0.25) is 12.4 Å². The lowest BCUT2D eigenvalue weighted by Gasteiger charge is -2.43. The van der Waals surface area contributed by atoms with Gasteiger partial charge in [-0.15, -0.1) is 10.2 Å². The molecule has 2 aromatic heterocycles. The maximum atomic E-state index is 14.2. The first kappa shape index (κ1) is 19.8. The van der Waals surface area contributed by atoms with E-state index in [-0.39, 0.29) is 31.0 Å². The fraction of sp³-hybridized carbons (Fsp3) is 0.286. The molecule has 0 saturated heterocycles. The Morgan fingerprint density at radius 1 is 1.23 bits per heavy atom. The van der Waals surface area contributed by atoms with Crippen molar-refractivity contribution < 1.29 is 13.6 Å². The third-order valence-electron chi connectivity index (χ3n) is 5.34. The molecular formula is C21H20F2N6O. The predicted molar refractivity (Wildman–Crippen MR) is 108 cm³/mol. The van der Waals surface area contributed by atoms with Gasteiger partial charge in [0.25, 0.3) is 0 Å². The lowest BCUT2D eigenvalue weighted by molar-refractivity contribution is -0.107. The number of pyridine rings is 1. The molecule has 1 aromatic carbocycles. The number of rotatable bonds is 7. The Bertz CT molecular complexity index is 1040. The molecule has 0 spiro atoms. The summed E-state index contributed by atoms with van der Waals surface area (Å²) in [7, 11) is 1.66. The molecule has 30 heavy (non-hydrogen) atoms. The van der Waals surface area contributed by atoms with Gasteiger partial charge >= 0.3 is 0 Å². The standard InChI is InChI=1S/C21H20F2N6O/c1-29(13-30)16-5-2-4-14(8-16)18-11-25-20(28-27-18)26-12-21(9-15(22)10-21)19-17(23)6-3-7-24-19/h2-8,11,13,15H,9-10,12H2,1H3,(H,25,26,28). The second kappa shape index (κ2) is 8.10.